The normalized spacial score (nSPS) is 12.1. The molecule has 68 heavy (non-hydrogen) atoms. The average molecular weight is 958 g/mol. The van der Waals surface area contributed by atoms with Gasteiger partial charge in [0.05, 0.1) is 0 Å². The summed E-state index contributed by atoms with van der Waals surface area (Å²) in [5.74, 6) is -0.862. The molecule has 0 N–H and O–H groups in total. The molecule has 1 atom stereocenters. The average Bonchev–Trinajstić information content (AvgIpc) is 3.34. The summed E-state index contributed by atoms with van der Waals surface area (Å²) in [4.78, 5) is 38.2. The first-order valence-electron chi connectivity index (χ1n) is 30.3. The Morgan fingerprint density at radius 3 is 0.750 bits per heavy atom. The van der Waals surface area contributed by atoms with Gasteiger partial charge >= 0.3 is 17.9 Å². The van der Waals surface area contributed by atoms with Gasteiger partial charge in [-0.2, -0.15) is 0 Å². The number of carbonyl (C=O) groups is 3. The van der Waals surface area contributed by atoms with E-state index in [0.717, 1.165) is 64.2 Å². The molecule has 0 radical (unpaired) electrons. The van der Waals surface area contributed by atoms with E-state index in [0.29, 0.717) is 19.3 Å². The second-order valence-electron chi connectivity index (χ2n) is 20.6. The van der Waals surface area contributed by atoms with E-state index in [1.165, 1.54) is 231 Å². The Hall–Kier alpha value is -2.11. The largest absolute Gasteiger partial charge is 0.462 e. The van der Waals surface area contributed by atoms with E-state index < -0.39 is 6.10 Å². The smallest absolute Gasteiger partial charge is 0.306 e. The number of carbonyl (C=O) groups excluding carboxylic acids is 3. The van der Waals surface area contributed by atoms with Crippen molar-refractivity contribution in [3.05, 3.63) is 24.3 Å². The first kappa shape index (κ1) is 65.9. The molecule has 0 saturated heterocycles. The maximum Gasteiger partial charge on any atom is 0.306 e. The van der Waals surface area contributed by atoms with Crippen molar-refractivity contribution in [3.63, 3.8) is 0 Å². The van der Waals surface area contributed by atoms with Crippen molar-refractivity contribution >= 4 is 17.9 Å². The fourth-order valence-electron chi connectivity index (χ4n) is 9.08. The highest BCUT2D eigenvalue weighted by molar-refractivity contribution is 5.71. The van der Waals surface area contributed by atoms with Crippen LogP contribution in [-0.2, 0) is 28.6 Å². The van der Waals surface area contributed by atoms with Crippen LogP contribution in [0.3, 0.4) is 0 Å². The third-order valence-electron chi connectivity index (χ3n) is 13.7. The van der Waals surface area contributed by atoms with Gasteiger partial charge in [-0.05, 0) is 70.6 Å². The Morgan fingerprint density at radius 2 is 0.485 bits per heavy atom. The van der Waals surface area contributed by atoms with E-state index in [9.17, 15) is 14.4 Å². The summed E-state index contributed by atoms with van der Waals surface area (Å²) in [6, 6.07) is 0. The molecule has 6 nitrogen and oxygen atoms in total. The molecular formula is C62H116O6. The lowest BCUT2D eigenvalue weighted by Gasteiger charge is -2.18. The second-order valence-corrected chi connectivity index (χ2v) is 20.6. The number of hydrogen-bond donors (Lipinski definition) is 0. The maximum atomic E-state index is 12.9. The van der Waals surface area contributed by atoms with Gasteiger partial charge in [-0.1, -0.05) is 270 Å². The van der Waals surface area contributed by atoms with Crippen LogP contribution in [0, 0.1) is 0 Å². The van der Waals surface area contributed by atoms with E-state index in [1.54, 1.807) is 0 Å². The van der Waals surface area contributed by atoms with Crippen LogP contribution in [0.5, 0.6) is 0 Å². The van der Waals surface area contributed by atoms with Crippen LogP contribution < -0.4 is 0 Å². The van der Waals surface area contributed by atoms with E-state index >= 15 is 0 Å². The zero-order chi connectivity index (χ0) is 49.3. The third kappa shape index (κ3) is 54.8. The number of ether oxygens (including phenoxy) is 3. The first-order valence-corrected chi connectivity index (χ1v) is 30.3. The second kappa shape index (κ2) is 57.5. The van der Waals surface area contributed by atoms with Crippen LogP contribution in [0.15, 0.2) is 24.3 Å². The Bertz CT molecular complexity index is 1100. The Kier molecular flexibility index (Phi) is 55.7. The highest BCUT2D eigenvalue weighted by Crippen LogP contribution is 2.17. The molecule has 400 valence electrons. The van der Waals surface area contributed by atoms with Gasteiger partial charge in [-0.25, -0.2) is 0 Å². The molecule has 0 fully saturated rings. The van der Waals surface area contributed by atoms with Crippen molar-refractivity contribution in [3.8, 4) is 0 Å². The van der Waals surface area contributed by atoms with Gasteiger partial charge < -0.3 is 14.2 Å². The highest BCUT2D eigenvalue weighted by Gasteiger charge is 2.19. The summed E-state index contributed by atoms with van der Waals surface area (Å²) in [6.07, 6.45) is 67.4. The molecule has 6 heteroatoms. The fraction of sp³-hybridized carbons (Fsp3) is 0.887. The molecule has 0 aromatic carbocycles. The molecule has 1 unspecified atom stereocenters. The van der Waals surface area contributed by atoms with Crippen LogP contribution in [-0.4, -0.2) is 37.2 Å². The van der Waals surface area contributed by atoms with Crippen molar-refractivity contribution in [2.45, 2.75) is 341 Å². The predicted octanol–water partition coefficient (Wildman–Crippen LogP) is 20.3. The lowest BCUT2D eigenvalue weighted by Crippen LogP contribution is -2.30. The van der Waals surface area contributed by atoms with Gasteiger partial charge in [0.2, 0.25) is 0 Å². The highest BCUT2D eigenvalue weighted by atomic mass is 16.6. The molecule has 0 aromatic rings. The van der Waals surface area contributed by atoms with Crippen LogP contribution in [0.25, 0.3) is 0 Å². The van der Waals surface area contributed by atoms with Crippen LogP contribution in [0.2, 0.25) is 0 Å². The van der Waals surface area contributed by atoms with Gasteiger partial charge in [0.1, 0.15) is 13.2 Å². The summed E-state index contributed by atoms with van der Waals surface area (Å²) in [7, 11) is 0. The van der Waals surface area contributed by atoms with E-state index in [1.807, 2.05) is 0 Å². The summed E-state index contributed by atoms with van der Waals surface area (Å²) >= 11 is 0. The molecule has 0 amide bonds. The Balaban J connectivity index is 4.32. The fourth-order valence-corrected chi connectivity index (χ4v) is 9.08. The molecule has 0 aromatic heterocycles. The number of rotatable bonds is 56. The molecule has 0 spiro atoms. The van der Waals surface area contributed by atoms with E-state index in [2.05, 4.69) is 45.1 Å². The number of unbranched alkanes of at least 4 members (excludes halogenated alkanes) is 41. The standard InChI is InChI=1S/C62H116O6/c1-4-7-10-13-16-19-22-25-28-30-31-32-35-37-40-43-46-49-52-55-61(64)67-58-59(57-66-60(63)54-51-48-45-42-39-36-33-27-24-21-18-15-12-9-6-3)68-62(65)56-53-50-47-44-41-38-34-29-26-23-20-17-14-11-8-5-2/h21,24,29,34,59H,4-20,22-23,25-28,30-33,35-58H2,1-3H3/b24-21-,34-29-. The molecule has 0 bridgehead atoms. The van der Waals surface area contributed by atoms with Crippen LogP contribution in [0.1, 0.15) is 335 Å². The molecule has 0 heterocycles. The Morgan fingerprint density at radius 1 is 0.279 bits per heavy atom. The number of esters is 3. The molecule has 0 aliphatic carbocycles. The predicted molar refractivity (Wildman–Crippen MR) is 293 cm³/mol. The van der Waals surface area contributed by atoms with Gasteiger partial charge in [-0.15, -0.1) is 0 Å². The topological polar surface area (TPSA) is 78.9 Å². The van der Waals surface area contributed by atoms with Crippen molar-refractivity contribution in [2.24, 2.45) is 0 Å². The minimum Gasteiger partial charge on any atom is -0.462 e. The summed E-state index contributed by atoms with van der Waals surface area (Å²) in [5.41, 5.74) is 0. The molecule has 0 rings (SSSR count). The van der Waals surface area contributed by atoms with Crippen molar-refractivity contribution in [1.29, 1.82) is 0 Å². The van der Waals surface area contributed by atoms with Crippen LogP contribution >= 0.6 is 0 Å². The third-order valence-corrected chi connectivity index (χ3v) is 13.7. The quantitative estimate of drug-likeness (QED) is 0.0262. The van der Waals surface area contributed by atoms with Gasteiger partial charge in [-0.3, -0.25) is 14.4 Å². The Labute approximate surface area is 423 Å². The van der Waals surface area contributed by atoms with Crippen molar-refractivity contribution in [1.82, 2.24) is 0 Å². The zero-order valence-corrected chi connectivity index (χ0v) is 45.9. The first-order chi connectivity index (χ1) is 33.5. The van der Waals surface area contributed by atoms with Crippen molar-refractivity contribution < 1.29 is 28.6 Å². The maximum absolute atomic E-state index is 12.9. The summed E-state index contributed by atoms with van der Waals surface area (Å²) in [5, 5.41) is 0. The zero-order valence-electron chi connectivity index (χ0n) is 45.9. The SMILES string of the molecule is CCCCCC/C=C\CCCCCCCCCC(=O)OCC(COC(=O)CCCCCCCCCCCCCCCCCCCCC)OC(=O)CCCCCCC/C=C\CCCCCCCCC. The van der Waals surface area contributed by atoms with Gasteiger partial charge in [0, 0.05) is 19.3 Å². The summed E-state index contributed by atoms with van der Waals surface area (Å²) < 4.78 is 16.9. The number of hydrogen-bond acceptors (Lipinski definition) is 6. The van der Waals surface area contributed by atoms with Crippen LogP contribution in [0.4, 0.5) is 0 Å². The lowest BCUT2D eigenvalue weighted by molar-refractivity contribution is -0.167. The lowest BCUT2D eigenvalue weighted by atomic mass is 10.0. The van der Waals surface area contributed by atoms with E-state index in [4.69, 9.17) is 14.2 Å². The van der Waals surface area contributed by atoms with Gasteiger partial charge in [0.15, 0.2) is 6.10 Å². The summed E-state index contributed by atoms with van der Waals surface area (Å²) in [6.45, 7) is 6.67. The number of allylic oxidation sites excluding steroid dienone is 4. The molecule has 0 aliphatic heterocycles. The van der Waals surface area contributed by atoms with Crippen molar-refractivity contribution in [2.75, 3.05) is 13.2 Å². The monoisotopic (exact) mass is 957 g/mol. The minimum absolute atomic E-state index is 0.0712. The van der Waals surface area contributed by atoms with Gasteiger partial charge in [0.25, 0.3) is 0 Å². The minimum atomic E-state index is -0.774. The van der Waals surface area contributed by atoms with E-state index in [-0.39, 0.29) is 31.1 Å². The molecule has 0 saturated carbocycles. The molecule has 0 aliphatic rings. The molecular weight excluding hydrogens is 841 g/mol.